The first kappa shape index (κ1) is 17.9. The molecule has 6 heteroatoms. The number of carbonyl (C=O) groups is 1. The quantitative estimate of drug-likeness (QED) is 0.734. The molecule has 23 heavy (non-hydrogen) atoms. The molecule has 1 saturated heterocycles. The van der Waals surface area contributed by atoms with Crippen LogP contribution < -0.4 is 0 Å². The minimum absolute atomic E-state index is 0.123. The molecule has 1 aliphatic heterocycles. The van der Waals surface area contributed by atoms with Gasteiger partial charge >= 0.3 is 0 Å². The molecular formula is C17H29N3O3. The normalized spacial score (nSPS) is 16.0. The summed E-state index contributed by atoms with van der Waals surface area (Å²) in [4.78, 5) is 18.3. The van der Waals surface area contributed by atoms with Gasteiger partial charge in [0.05, 0.1) is 0 Å². The van der Waals surface area contributed by atoms with Crippen molar-refractivity contribution in [2.24, 2.45) is 5.92 Å². The van der Waals surface area contributed by atoms with Crippen LogP contribution in [0.5, 0.6) is 0 Å². The van der Waals surface area contributed by atoms with E-state index in [0.717, 1.165) is 44.7 Å². The predicted molar refractivity (Wildman–Crippen MR) is 88.1 cm³/mol. The average Bonchev–Trinajstić information content (AvgIpc) is 2.91. The van der Waals surface area contributed by atoms with E-state index < -0.39 is 0 Å². The third-order valence-corrected chi connectivity index (χ3v) is 4.57. The standard InChI is InChI=1S/C17H29N3O3/c1-4-23-13-17(21)19-8-5-15(6-9-19)7-10-20-14(2)11-18-16(20)12-22-3/h11,15H,4-10,12-13H2,1-3H3. The second kappa shape index (κ2) is 9.03. The van der Waals surface area contributed by atoms with Crippen molar-refractivity contribution in [3.8, 4) is 0 Å². The van der Waals surface area contributed by atoms with Crippen molar-refractivity contribution in [3.63, 3.8) is 0 Å². The van der Waals surface area contributed by atoms with E-state index in [9.17, 15) is 4.79 Å². The Morgan fingerprint density at radius 2 is 2.13 bits per heavy atom. The van der Waals surface area contributed by atoms with Gasteiger partial charge in [0.1, 0.15) is 19.0 Å². The van der Waals surface area contributed by atoms with Gasteiger partial charge in [-0.1, -0.05) is 0 Å². The lowest BCUT2D eigenvalue weighted by Gasteiger charge is -2.32. The van der Waals surface area contributed by atoms with E-state index in [1.165, 1.54) is 5.69 Å². The molecule has 0 bridgehead atoms. The number of imidazole rings is 1. The van der Waals surface area contributed by atoms with Gasteiger partial charge in [0.25, 0.3) is 0 Å². The van der Waals surface area contributed by atoms with Gasteiger partial charge < -0.3 is 18.9 Å². The Labute approximate surface area is 138 Å². The maximum absolute atomic E-state index is 11.9. The number of likely N-dealkylation sites (tertiary alicyclic amines) is 1. The van der Waals surface area contributed by atoms with Gasteiger partial charge in [-0.15, -0.1) is 0 Å². The molecule has 0 spiro atoms. The lowest BCUT2D eigenvalue weighted by atomic mass is 9.93. The molecule has 0 unspecified atom stereocenters. The Hall–Kier alpha value is -1.40. The monoisotopic (exact) mass is 323 g/mol. The molecule has 1 aromatic heterocycles. The fraction of sp³-hybridized carbons (Fsp3) is 0.765. The summed E-state index contributed by atoms with van der Waals surface area (Å²) in [6.07, 6.45) is 5.18. The Bertz CT molecular complexity index is 493. The third-order valence-electron chi connectivity index (χ3n) is 4.57. The minimum atomic E-state index is 0.123. The fourth-order valence-corrected chi connectivity index (χ4v) is 3.12. The summed E-state index contributed by atoms with van der Waals surface area (Å²) in [5.74, 6) is 1.79. The number of rotatable bonds is 8. The molecule has 130 valence electrons. The summed E-state index contributed by atoms with van der Waals surface area (Å²) >= 11 is 0. The van der Waals surface area contributed by atoms with E-state index in [1.54, 1.807) is 7.11 Å². The van der Waals surface area contributed by atoms with Crippen molar-refractivity contribution < 1.29 is 14.3 Å². The lowest BCUT2D eigenvalue weighted by molar-refractivity contribution is -0.137. The zero-order valence-electron chi connectivity index (χ0n) is 14.6. The van der Waals surface area contributed by atoms with Gasteiger partial charge in [-0.2, -0.15) is 0 Å². The van der Waals surface area contributed by atoms with Crippen molar-refractivity contribution in [3.05, 3.63) is 17.7 Å². The summed E-state index contributed by atoms with van der Waals surface area (Å²) in [6.45, 7) is 8.04. The molecule has 0 saturated carbocycles. The number of ether oxygens (including phenoxy) is 2. The number of aromatic nitrogens is 2. The maximum atomic E-state index is 11.9. The highest BCUT2D eigenvalue weighted by Gasteiger charge is 2.22. The maximum Gasteiger partial charge on any atom is 0.248 e. The SMILES string of the molecule is CCOCC(=O)N1CCC(CCn2c(C)cnc2COC)CC1. The minimum Gasteiger partial charge on any atom is -0.377 e. The van der Waals surface area contributed by atoms with Gasteiger partial charge in [0.2, 0.25) is 5.91 Å². The van der Waals surface area contributed by atoms with Crippen LogP contribution in [0.25, 0.3) is 0 Å². The Balaban J connectivity index is 1.77. The molecule has 0 atom stereocenters. The van der Waals surface area contributed by atoms with E-state index in [1.807, 2.05) is 18.0 Å². The van der Waals surface area contributed by atoms with Crippen LogP contribution in [0.4, 0.5) is 0 Å². The largest absolute Gasteiger partial charge is 0.377 e. The first-order chi connectivity index (χ1) is 11.2. The third kappa shape index (κ3) is 5.04. The molecular weight excluding hydrogens is 294 g/mol. The van der Waals surface area contributed by atoms with Crippen LogP contribution in [0.3, 0.4) is 0 Å². The second-order valence-corrected chi connectivity index (χ2v) is 6.15. The predicted octanol–water partition coefficient (Wildman–Crippen LogP) is 2.00. The van der Waals surface area contributed by atoms with Crippen molar-refractivity contribution >= 4 is 5.91 Å². The van der Waals surface area contributed by atoms with Crippen LogP contribution in [-0.4, -0.2) is 53.8 Å². The Kier molecular flexibility index (Phi) is 7.05. The number of aryl methyl sites for hydroxylation is 1. The number of piperidine rings is 1. The zero-order valence-corrected chi connectivity index (χ0v) is 14.6. The van der Waals surface area contributed by atoms with E-state index in [0.29, 0.717) is 19.1 Å². The van der Waals surface area contributed by atoms with Crippen molar-refractivity contribution in [1.82, 2.24) is 14.5 Å². The average molecular weight is 323 g/mol. The highest BCUT2D eigenvalue weighted by atomic mass is 16.5. The number of nitrogens with zero attached hydrogens (tertiary/aromatic N) is 3. The number of carbonyl (C=O) groups excluding carboxylic acids is 1. The molecule has 1 fully saturated rings. The van der Waals surface area contributed by atoms with Crippen molar-refractivity contribution in [1.29, 1.82) is 0 Å². The summed E-state index contributed by atoms with van der Waals surface area (Å²) in [5.41, 5.74) is 1.18. The fourth-order valence-electron chi connectivity index (χ4n) is 3.12. The molecule has 0 radical (unpaired) electrons. The first-order valence-corrected chi connectivity index (χ1v) is 8.51. The molecule has 0 aromatic carbocycles. The molecule has 1 aliphatic rings. The van der Waals surface area contributed by atoms with E-state index in [-0.39, 0.29) is 12.5 Å². The number of amides is 1. The van der Waals surface area contributed by atoms with Crippen molar-refractivity contribution in [2.45, 2.75) is 46.3 Å². The van der Waals surface area contributed by atoms with Crippen LogP contribution in [-0.2, 0) is 27.4 Å². The molecule has 6 nitrogen and oxygen atoms in total. The van der Waals surface area contributed by atoms with E-state index in [2.05, 4.69) is 16.5 Å². The van der Waals surface area contributed by atoms with Crippen LogP contribution >= 0.6 is 0 Å². The smallest absolute Gasteiger partial charge is 0.248 e. The van der Waals surface area contributed by atoms with E-state index in [4.69, 9.17) is 9.47 Å². The molecule has 0 N–H and O–H groups in total. The lowest BCUT2D eigenvalue weighted by Crippen LogP contribution is -2.40. The topological polar surface area (TPSA) is 56.6 Å². The van der Waals surface area contributed by atoms with Crippen LogP contribution in [0.2, 0.25) is 0 Å². The molecule has 2 heterocycles. The summed E-state index contributed by atoms with van der Waals surface area (Å²) in [6, 6.07) is 0. The van der Waals surface area contributed by atoms with Gasteiger partial charge in [0.15, 0.2) is 0 Å². The second-order valence-electron chi connectivity index (χ2n) is 6.15. The molecule has 1 aromatic rings. The van der Waals surface area contributed by atoms with Crippen LogP contribution in [0, 0.1) is 12.8 Å². The number of methoxy groups -OCH3 is 1. The van der Waals surface area contributed by atoms with E-state index >= 15 is 0 Å². The molecule has 0 aliphatic carbocycles. The van der Waals surface area contributed by atoms with Crippen LogP contribution in [0.1, 0.15) is 37.7 Å². The summed E-state index contributed by atoms with van der Waals surface area (Å²) in [7, 11) is 1.70. The highest BCUT2D eigenvalue weighted by Crippen LogP contribution is 2.22. The number of hydrogen-bond acceptors (Lipinski definition) is 4. The van der Waals surface area contributed by atoms with Crippen molar-refractivity contribution in [2.75, 3.05) is 33.4 Å². The molecule has 1 amide bonds. The Morgan fingerprint density at radius 1 is 1.39 bits per heavy atom. The number of hydrogen-bond donors (Lipinski definition) is 0. The summed E-state index contributed by atoms with van der Waals surface area (Å²) < 4.78 is 12.7. The molecule has 2 rings (SSSR count). The highest BCUT2D eigenvalue weighted by molar-refractivity contribution is 5.77. The zero-order chi connectivity index (χ0) is 16.7. The van der Waals surface area contributed by atoms with Gasteiger partial charge in [-0.05, 0) is 39.0 Å². The first-order valence-electron chi connectivity index (χ1n) is 8.51. The van der Waals surface area contributed by atoms with Gasteiger partial charge in [0, 0.05) is 45.2 Å². The van der Waals surface area contributed by atoms with Gasteiger partial charge in [-0.25, -0.2) is 4.98 Å². The summed E-state index contributed by atoms with van der Waals surface area (Å²) in [5, 5.41) is 0. The Morgan fingerprint density at radius 3 is 2.78 bits per heavy atom. The van der Waals surface area contributed by atoms with Crippen LogP contribution in [0.15, 0.2) is 6.20 Å². The van der Waals surface area contributed by atoms with Gasteiger partial charge in [-0.3, -0.25) is 4.79 Å².